The standard InChI is InChI=1S/C12H13NO/c1-9(6-7-14)11-8-13-12-5-3-2-4-10(11)12/h2-5,7-9,13H,6H2,1H3/t9-/m0/s1. The number of aldehydes is 1. The number of hydrogen-bond donors (Lipinski definition) is 1. The topological polar surface area (TPSA) is 32.9 Å². The summed E-state index contributed by atoms with van der Waals surface area (Å²) < 4.78 is 0. The minimum absolute atomic E-state index is 0.295. The lowest BCUT2D eigenvalue weighted by atomic mass is 9.98. The quantitative estimate of drug-likeness (QED) is 0.736. The fourth-order valence-electron chi connectivity index (χ4n) is 1.77. The predicted molar refractivity (Wildman–Crippen MR) is 57.4 cm³/mol. The number of aromatic amines is 1. The zero-order chi connectivity index (χ0) is 9.97. The third-order valence-electron chi connectivity index (χ3n) is 2.60. The van der Waals surface area contributed by atoms with Crippen LogP contribution in [0.15, 0.2) is 30.5 Å². The van der Waals surface area contributed by atoms with E-state index in [2.05, 4.69) is 18.0 Å². The van der Waals surface area contributed by atoms with E-state index in [1.54, 1.807) is 0 Å². The molecule has 0 fully saturated rings. The van der Waals surface area contributed by atoms with Crippen LogP contribution in [0.5, 0.6) is 0 Å². The summed E-state index contributed by atoms with van der Waals surface area (Å²) in [5.74, 6) is 0.295. The van der Waals surface area contributed by atoms with Crippen LogP contribution >= 0.6 is 0 Å². The summed E-state index contributed by atoms with van der Waals surface area (Å²) in [6, 6.07) is 8.16. The van der Waals surface area contributed by atoms with E-state index in [1.165, 1.54) is 10.9 Å². The summed E-state index contributed by atoms with van der Waals surface area (Å²) in [5, 5.41) is 1.22. The molecule has 0 bridgehead atoms. The molecule has 1 N–H and O–H groups in total. The van der Waals surface area contributed by atoms with Gasteiger partial charge in [0, 0.05) is 23.5 Å². The van der Waals surface area contributed by atoms with Crippen LogP contribution in [0.25, 0.3) is 10.9 Å². The van der Waals surface area contributed by atoms with Crippen LogP contribution in [-0.2, 0) is 4.79 Å². The molecule has 0 aliphatic heterocycles. The van der Waals surface area contributed by atoms with Crippen molar-refractivity contribution in [1.82, 2.24) is 4.98 Å². The highest BCUT2D eigenvalue weighted by atomic mass is 16.1. The second kappa shape index (κ2) is 3.66. The van der Waals surface area contributed by atoms with Crippen LogP contribution in [0.2, 0.25) is 0 Å². The smallest absolute Gasteiger partial charge is 0.120 e. The van der Waals surface area contributed by atoms with Crippen LogP contribution in [0.1, 0.15) is 24.8 Å². The van der Waals surface area contributed by atoms with E-state index >= 15 is 0 Å². The van der Waals surface area contributed by atoms with Gasteiger partial charge in [0.25, 0.3) is 0 Å². The van der Waals surface area contributed by atoms with E-state index in [-0.39, 0.29) is 0 Å². The minimum Gasteiger partial charge on any atom is -0.361 e. The molecule has 2 nitrogen and oxygen atoms in total. The van der Waals surface area contributed by atoms with Crippen LogP contribution in [-0.4, -0.2) is 11.3 Å². The average Bonchev–Trinajstić information content (AvgIpc) is 2.61. The highest BCUT2D eigenvalue weighted by Crippen LogP contribution is 2.26. The van der Waals surface area contributed by atoms with Gasteiger partial charge in [0.1, 0.15) is 6.29 Å². The third kappa shape index (κ3) is 1.43. The van der Waals surface area contributed by atoms with Gasteiger partial charge in [0.2, 0.25) is 0 Å². The number of fused-ring (bicyclic) bond motifs is 1. The molecule has 2 heteroatoms. The molecule has 0 spiro atoms. The molecule has 2 aromatic rings. The number of hydrogen-bond acceptors (Lipinski definition) is 1. The van der Waals surface area contributed by atoms with Gasteiger partial charge in [-0.05, 0) is 17.5 Å². The molecular weight excluding hydrogens is 174 g/mol. The Labute approximate surface area is 82.9 Å². The number of aromatic nitrogens is 1. The molecule has 1 heterocycles. The SMILES string of the molecule is C[C@@H](CC=O)c1c[nH]c2ccccc12. The van der Waals surface area contributed by atoms with Crippen molar-refractivity contribution >= 4 is 17.2 Å². The maximum Gasteiger partial charge on any atom is 0.120 e. The van der Waals surface area contributed by atoms with Crippen molar-refractivity contribution in [3.05, 3.63) is 36.0 Å². The molecule has 1 aromatic heterocycles. The number of benzene rings is 1. The van der Waals surface area contributed by atoms with E-state index in [0.29, 0.717) is 12.3 Å². The van der Waals surface area contributed by atoms with Crippen LogP contribution in [0.4, 0.5) is 0 Å². The first kappa shape index (κ1) is 9.00. The Morgan fingerprint density at radius 1 is 1.43 bits per heavy atom. The minimum atomic E-state index is 0.295. The molecule has 0 aliphatic carbocycles. The number of carbonyl (C=O) groups is 1. The van der Waals surface area contributed by atoms with E-state index in [4.69, 9.17) is 0 Å². The Bertz CT molecular complexity index is 444. The van der Waals surface area contributed by atoms with Crippen molar-refractivity contribution in [1.29, 1.82) is 0 Å². The van der Waals surface area contributed by atoms with Gasteiger partial charge in [-0.25, -0.2) is 0 Å². The molecule has 72 valence electrons. The van der Waals surface area contributed by atoms with E-state index < -0.39 is 0 Å². The summed E-state index contributed by atoms with van der Waals surface area (Å²) >= 11 is 0. The average molecular weight is 187 g/mol. The maximum atomic E-state index is 10.4. The van der Waals surface area contributed by atoms with Gasteiger partial charge in [-0.3, -0.25) is 0 Å². The van der Waals surface area contributed by atoms with Crippen molar-refractivity contribution in [2.75, 3.05) is 0 Å². The van der Waals surface area contributed by atoms with Crippen molar-refractivity contribution in [3.8, 4) is 0 Å². The van der Waals surface area contributed by atoms with Gasteiger partial charge in [0.05, 0.1) is 0 Å². The van der Waals surface area contributed by atoms with Gasteiger partial charge in [-0.15, -0.1) is 0 Å². The Balaban J connectivity index is 2.47. The van der Waals surface area contributed by atoms with Gasteiger partial charge in [0.15, 0.2) is 0 Å². The van der Waals surface area contributed by atoms with Gasteiger partial charge >= 0.3 is 0 Å². The number of H-pyrrole nitrogens is 1. The first-order valence-corrected chi connectivity index (χ1v) is 4.82. The highest BCUT2D eigenvalue weighted by molar-refractivity contribution is 5.83. The molecule has 0 radical (unpaired) electrons. The Morgan fingerprint density at radius 2 is 2.21 bits per heavy atom. The molecule has 2 rings (SSSR count). The van der Waals surface area contributed by atoms with Crippen LogP contribution in [0.3, 0.4) is 0 Å². The number of nitrogens with one attached hydrogen (secondary N) is 1. The normalized spacial score (nSPS) is 12.9. The van der Waals surface area contributed by atoms with Crippen LogP contribution in [0, 0.1) is 0 Å². The molecule has 0 amide bonds. The summed E-state index contributed by atoms with van der Waals surface area (Å²) in [4.78, 5) is 13.6. The maximum absolute atomic E-state index is 10.4. The van der Waals surface area contributed by atoms with Crippen molar-refractivity contribution in [2.24, 2.45) is 0 Å². The summed E-state index contributed by atoms with van der Waals surface area (Å²) in [6.45, 7) is 2.07. The molecule has 14 heavy (non-hydrogen) atoms. The van der Waals surface area contributed by atoms with Crippen molar-refractivity contribution in [3.63, 3.8) is 0 Å². The molecule has 0 unspecified atom stereocenters. The fourth-order valence-corrected chi connectivity index (χ4v) is 1.77. The summed E-state index contributed by atoms with van der Waals surface area (Å²) in [7, 11) is 0. The lowest BCUT2D eigenvalue weighted by Crippen LogP contribution is -1.92. The summed E-state index contributed by atoms with van der Waals surface area (Å²) in [6.07, 6.45) is 3.56. The molecule has 1 atom stereocenters. The monoisotopic (exact) mass is 187 g/mol. The van der Waals surface area contributed by atoms with E-state index in [9.17, 15) is 4.79 Å². The summed E-state index contributed by atoms with van der Waals surface area (Å²) in [5.41, 5.74) is 2.37. The largest absolute Gasteiger partial charge is 0.361 e. The van der Waals surface area contributed by atoms with Crippen LogP contribution < -0.4 is 0 Å². The van der Waals surface area contributed by atoms with Gasteiger partial charge < -0.3 is 9.78 Å². The first-order chi connectivity index (χ1) is 6.83. The van der Waals surface area contributed by atoms with E-state index in [0.717, 1.165) is 11.8 Å². The lowest BCUT2D eigenvalue weighted by Gasteiger charge is -2.05. The number of para-hydroxylation sites is 1. The fraction of sp³-hybridized carbons (Fsp3) is 0.250. The Kier molecular flexibility index (Phi) is 2.35. The Hall–Kier alpha value is -1.57. The van der Waals surface area contributed by atoms with Crippen molar-refractivity contribution < 1.29 is 4.79 Å². The molecule has 0 saturated carbocycles. The zero-order valence-corrected chi connectivity index (χ0v) is 8.16. The number of carbonyl (C=O) groups excluding carboxylic acids is 1. The zero-order valence-electron chi connectivity index (χ0n) is 8.16. The number of rotatable bonds is 3. The van der Waals surface area contributed by atoms with Gasteiger partial charge in [-0.1, -0.05) is 25.1 Å². The Morgan fingerprint density at radius 3 is 3.00 bits per heavy atom. The predicted octanol–water partition coefficient (Wildman–Crippen LogP) is 2.86. The lowest BCUT2D eigenvalue weighted by molar-refractivity contribution is -0.108. The molecule has 1 aromatic carbocycles. The second-order valence-corrected chi connectivity index (χ2v) is 3.59. The highest BCUT2D eigenvalue weighted by Gasteiger charge is 2.09. The first-order valence-electron chi connectivity index (χ1n) is 4.82. The molecule has 0 aliphatic rings. The van der Waals surface area contributed by atoms with Crippen molar-refractivity contribution in [2.45, 2.75) is 19.3 Å². The van der Waals surface area contributed by atoms with Gasteiger partial charge in [-0.2, -0.15) is 0 Å². The molecule has 0 saturated heterocycles. The molecular formula is C12H13NO. The second-order valence-electron chi connectivity index (χ2n) is 3.59. The third-order valence-corrected chi connectivity index (χ3v) is 2.60. The van der Waals surface area contributed by atoms with E-state index in [1.807, 2.05) is 24.4 Å².